The van der Waals surface area contributed by atoms with Crippen LogP contribution in [0.3, 0.4) is 0 Å². The fraction of sp³-hybridized carbons (Fsp3) is 0.303. The zero-order chi connectivity index (χ0) is 32.0. The van der Waals surface area contributed by atoms with Crippen LogP contribution in [0, 0.1) is 13.8 Å². The average Bonchev–Trinajstić information content (AvgIpc) is 3.36. The van der Waals surface area contributed by atoms with Crippen LogP contribution in [-0.4, -0.2) is 56.0 Å². The monoisotopic (exact) mass is 632 g/mol. The molecule has 12 heteroatoms. The minimum atomic E-state index is -3.83. The van der Waals surface area contributed by atoms with Crippen molar-refractivity contribution in [2.45, 2.75) is 39.7 Å². The Morgan fingerprint density at radius 1 is 1.07 bits per heavy atom. The van der Waals surface area contributed by atoms with Crippen molar-refractivity contribution >= 4 is 27.6 Å². The van der Waals surface area contributed by atoms with Crippen molar-refractivity contribution in [3.8, 4) is 22.6 Å². The van der Waals surface area contributed by atoms with Crippen LogP contribution in [0.2, 0.25) is 0 Å². The number of carbonyl (C=O) groups excluding carboxylic acids is 2. The van der Waals surface area contributed by atoms with Crippen molar-refractivity contribution in [1.29, 1.82) is 0 Å². The highest BCUT2D eigenvalue weighted by molar-refractivity contribution is 7.85. The fourth-order valence-electron chi connectivity index (χ4n) is 5.07. The molecule has 0 aliphatic carbocycles. The lowest BCUT2D eigenvalue weighted by molar-refractivity contribution is -0.118. The lowest BCUT2D eigenvalue weighted by atomic mass is 10.1. The van der Waals surface area contributed by atoms with E-state index in [1.807, 2.05) is 68.0 Å². The number of nitrogens with zero attached hydrogens (tertiary/aromatic N) is 3. The summed E-state index contributed by atoms with van der Waals surface area (Å²) in [4.78, 5) is 27.5. The van der Waals surface area contributed by atoms with E-state index >= 15 is 0 Å². The Morgan fingerprint density at radius 3 is 2.69 bits per heavy atom. The SMILES string of the molecule is Cc1cccc(OCCCC(=O)N2CCCOc3c(-c4cnn(Cc5cccc(C(=O)NOS(C)(=O)=O)c5)c4)cccc32)c1C. The second kappa shape index (κ2) is 14.0. The molecule has 0 saturated carbocycles. The van der Waals surface area contributed by atoms with E-state index in [0.29, 0.717) is 51.3 Å². The van der Waals surface area contributed by atoms with Gasteiger partial charge in [-0.3, -0.25) is 14.3 Å². The van der Waals surface area contributed by atoms with Gasteiger partial charge in [0.15, 0.2) is 5.75 Å². The minimum Gasteiger partial charge on any atom is -0.493 e. The average molecular weight is 633 g/mol. The summed E-state index contributed by atoms with van der Waals surface area (Å²) < 4.78 is 40.6. The summed E-state index contributed by atoms with van der Waals surface area (Å²) in [5, 5.41) is 4.51. The second-order valence-electron chi connectivity index (χ2n) is 10.9. The summed E-state index contributed by atoms with van der Waals surface area (Å²) in [6, 6.07) is 18.5. The first-order chi connectivity index (χ1) is 21.6. The van der Waals surface area contributed by atoms with Gasteiger partial charge in [-0.05, 0) is 67.6 Å². The first-order valence-corrected chi connectivity index (χ1v) is 16.5. The van der Waals surface area contributed by atoms with Gasteiger partial charge in [0, 0.05) is 35.9 Å². The number of carbonyl (C=O) groups is 2. The van der Waals surface area contributed by atoms with E-state index in [9.17, 15) is 18.0 Å². The first kappa shape index (κ1) is 31.7. The summed E-state index contributed by atoms with van der Waals surface area (Å²) in [5.41, 5.74) is 7.59. The maximum Gasteiger partial charge on any atom is 0.285 e. The number of aromatic nitrogens is 2. The standard InChI is InChI=1S/C33H36N4O7S/c1-23-9-4-14-30(24(23)2)42-17-7-15-31(38)37-16-8-18-43-32-28(12-6-13-29(32)37)27-20-34-36(22-27)21-25-10-5-11-26(19-25)33(39)35-44-45(3,40)41/h4-6,9-14,19-20,22H,7-8,15-18,21H2,1-3H3,(H,35,39). The molecule has 0 spiro atoms. The molecule has 5 rings (SSSR count). The number of nitrogens with one attached hydrogen (secondary N) is 1. The largest absolute Gasteiger partial charge is 0.493 e. The number of para-hydroxylation sites is 1. The van der Waals surface area contributed by atoms with Crippen molar-refractivity contribution in [3.05, 3.63) is 95.3 Å². The number of benzene rings is 3. The zero-order valence-electron chi connectivity index (χ0n) is 25.5. The van der Waals surface area contributed by atoms with Gasteiger partial charge in [-0.15, -0.1) is 4.28 Å². The molecule has 0 radical (unpaired) electrons. The molecular weight excluding hydrogens is 596 g/mol. The van der Waals surface area contributed by atoms with Crippen LogP contribution in [-0.2, 0) is 25.7 Å². The third-order valence-electron chi connectivity index (χ3n) is 7.47. The summed E-state index contributed by atoms with van der Waals surface area (Å²) in [7, 11) is -3.83. The fourth-order valence-corrected chi connectivity index (χ4v) is 5.30. The molecule has 1 N–H and O–H groups in total. The van der Waals surface area contributed by atoms with E-state index < -0.39 is 16.0 Å². The van der Waals surface area contributed by atoms with Crippen LogP contribution in [0.1, 0.15) is 46.3 Å². The highest BCUT2D eigenvalue weighted by atomic mass is 32.2. The van der Waals surface area contributed by atoms with Gasteiger partial charge in [0.2, 0.25) is 5.91 Å². The normalized spacial score (nSPS) is 13.0. The molecule has 1 aromatic heterocycles. The number of aryl methyl sites for hydroxylation is 1. The Kier molecular flexibility index (Phi) is 9.84. The predicted octanol–water partition coefficient (Wildman–Crippen LogP) is 4.81. The molecule has 45 heavy (non-hydrogen) atoms. The van der Waals surface area contributed by atoms with Gasteiger partial charge in [0.1, 0.15) is 5.75 Å². The van der Waals surface area contributed by atoms with Crippen LogP contribution in [0.4, 0.5) is 5.69 Å². The smallest absolute Gasteiger partial charge is 0.285 e. The van der Waals surface area contributed by atoms with Crippen LogP contribution < -0.4 is 19.9 Å². The molecule has 0 unspecified atom stereocenters. The molecular formula is C33H36N4O7S. The molecule has 11 nitrogen and oxygen atoms in total. The number of amides is 2. The first-order valence-electron chi connectivity index (χ1n) is 14.6. The van der Waals surface area contributed by atoms with Crippen molar-refractivity contribution in [2.75, 3.05) is 30.9 Å². The Labute approximate surface area is 262 Å². The molecule has 1 aliphatic rings. The number of fused-ring (bicyclic) bond motifs is 1. The van der Waals surface area contributed by atoms with Gasteiger partial charge in [-0.25, -0.2) is 5.48 Å². The Bertz CT molecular complexity index is 1800. The third kappa shape index (κ3) is 8.08. The molecule has 2 heterocycles. The van der Waals surface area contributed by atoms with Gasteiger partial charge >= 0.3 is 0 Å². The van der Waals surface area contributed by atoms with E-state index in [4.69, 9.17) is 9.47 Å². The van der Waals surface area contributed by atoms with Crippen molar-refractivity contribution < 1.29 is 31.8 Å². The summed E-state index contributed by atoms with van der Waals surface area (Å²) >= 11 is 0. The molecule has 3 aromatic carbocycles. The van der Waals surface area contributed by atoms with Crippen LogP contribution in [0.25, 0.3) is 11.1 Å². The van der Waals surface area contributed by atoms with E-state index in [1.54, 1.807) is 34.0 Å². The van der Waals surface area contributed by atoms with E-state index in [1.165, 1.54) is 5.56 Å². The van der Waals surface area contributed by atoms with Gasteiger partial charge in [0.25, 0.3) is 16.0 Å². The van der Waals surface area contributed by atoms with E-state index in [0.717, 1.165) is 39.9 Å². The maximum absolute atomic E-state index is 13.4. The Hall–Kier alpha value is -4.68. The molecule has 0 atom stereocenters. The maximum atomic E-state index is 13.4. The van der Waals surface area contributed by atoms with Crippen LogP contribution in [0.5, 0.6) is 11.5 Å². The number of hydroxylamine groups is 1. The molecule has 2 amide bonds. The number of hydrogen-bond acceptors (Lipinski definition) is 8. The van der Waals surface area contributed by atoms with Crippen LogP contribution >= 0.6 is 0 Å². The molecule has 4 aromatic rings. The lowest BCUT2D eigenvalue weighted by Crippen LogP contribution is -2.31. The quantitative estimate of drug-likeness (QED) is 0.184. The molecule has 1 aliphatic heterocycles. The Balaban J connectivity index is 1.26. The summed E-state index contributed by atoms with van der Waals surface area (Å²) in [6.07, 6.45) is 6.10. The predicted molar refractivity (Wildman–Crippen MR) is 170 cm³/mol. The summed E-state index contributed by atoms with van der Waals surface area (Å²) in [6.45, 7) is 5.94. The topological polar surface area (TPSA) is 129 Å². The minimum absolute atomic E-state index is 0.0185. The van der Waals surface area contributed by atoms with E-state index in [2.05, 4.69) is 9.38 Å². The van der Waals surface area contributed by atoms with Gasteiger partial charge in [-0.1, -0.05) is 36.4 Å². The Morgan fingerprint density at radius 2 is 1.87 bits per heavy atom. The van der Waals surface area contributed by atoms with Crippen molar-refractivity contribution in [2.24, 2.45) is 0 Å². The van der Waals surface area contributed by atoms with Gasteiger partial charge in [-0.2, -0.15) is 13.5 Å². The molecule has 0 bridgehead atoms. The van der Waals surface area contributed by atoms with Gasteiger partial charge in [0.05, 0.1) is 37.9 Å². The highest BCUT2D eigenvalue weighted by Crippen LogP contribution is 2.40. The van der Waals surface area contributed by atoms with Crippen LogP contribution in [0.15, 0.2) is 73.1 Å². The third-order valence-corrected chi connectivity index (χ3v) is 7.86. The van der Waals surface area contributed by atoms with Gasteiger partial charge < -0.3 is 14.4 Å². The lowest BCUT2D eigenvalue weighted by Gasteiger charge is -2.23. The number of rotatable bonds is 11. The number of anilines is 1. The van der Waals surface area contributed by atoms with Crippen molar-refractivity contribution in [1.82, 2.24) is 15.3 Å². The number of hydrogen-bond donors (Lipinski definition) is 1. The van der Waals surface area contributed by atoms with Crippen molar-refractivity contribution in [3.63, 3.8) is 0 Å². The molecule has 0 saturated heterocycles. The zero-order valence-corrected chi connectivity index (χ0v) is 26.3. The second-order valence-corrected chi connectivity index (χ2v) is 12.5. The number of ether oxygens (including phenoxy) is 2. The molecule has 236 valence electrons. The van der Waals surface area contributed by atoms with E-state index in [-0.39, 0.29) is 11.5 Å². The molecule has 0 fully saturated rings. The summed E-state index contributed by atoms with van der Waals surface area (Å²) in [5.74, 6) is 0.822. The highest BCUT2D eigenvalue weighted by Gasteiger charge is 2.25.